The summed E-state index contributed by atoms with van der Waals surface area (Å²) in [6.07, 6.45) is 10.6. The molecule has 1 aliphatic heterocycles. The van der Waals surface area contributed by atoms with Crippen LogP contribution in [0.3, 0.4) is 0 Å². The molecule has 0 aromatic rings. The van der Waals surface area contributed by atoms with Gasteiger partial charge in [-0.1, -0.05) is 0 Å². The normalized spacial score (nSPS) is 39.4. The fourth-order valence-electron chi connectivity index (χ4n) is 4.39. The van der Waals surface area contributed by atoms with E-state index in [-0.39, 0.29) is 0 Å². The maximum absolute atomic E-state index is 2.70. The van der Waals surface area contributed by atoms with Crippen molar-refractivity contribution in [1.82, 2.24) is 0 Å². The van der Waals surface area contributed by atoms with Crippen LogP contribution in [0.4, 0.5) is 0 Å². The van der Waals surface area contributed by atoms with Crippen LogP contribution >= 0.6 is 0 Å². The number of nitrogens with two attached hydrogens (primary N) is 1. The summed E-state index contributed by atoms with van der Waals surface area (Å²) in [6.45, 7) is 5.71. The molecule has 2 saturated carbocycles. The van der Waals surface area contributed by atoms with Crippen LogP contribution in [-0.2, 0) is 0 Å². The van der Waals surface area contributed by atoms with Gasteiger partial charge in [0.05, 0.1) is 19.1 Å². The number of nitrogens with one attached hydrogen (secondary N) is 1. The number of likely N-dealkylation sites (tertiary alicyclic amines) is 1. The molecule has 2 heteroatoms. The van der Waals surface area contributed by atoms with Crippen LogP contribution in [0.25, 0.3) is 0 Å². The minimum atomic E-state index is 1.02. The standard InChI is InChI=1S/C14H26N2/c1-2-7-16(8-3-1)9-6-15-14-11-12-4-5-13(14)10-12/h12-15H,1-11H2/p+2/t12-,13+,14+/m1/s1. The fraction of sp³-hybridized carbons (Fsp3) is 1.00. The van der Waals surface area contributed by atoms with Crippen LogP contribution in [0.15, 0.2) is 0 Å². The monoisotopic (exact) mass is 224 g/mol. The summed E-state index contributed by atoms with van der Waals surface area (Å²) in [5, 5.41) is 2.70. The van der Waals surface area contributed by atoms with Crippen LogP contribution in [0.5, 0.6) is 0 Å². The number of rotatable bonds is 4. The molecule has 3 aliphatic rings. The molecule has 2 nitrogen and oxygen atoms in total. The van der Waals surface area contributed by atoms with Crippen molar-refractivity contribution in [3.63, 3.8) is 0 Å². The second kappa shape index (κ2) is 5.05. The summed E-state index contributed by atoms with van der Waals surface area (Å²) < 4.78 is 0. The third-order valence-corrected chi connectivity index (χ3v) is 5.32. The van der Waals surface area contributed by atoms with Gasteiger partial charge in [0.15, 0.2) is 0 Å². The predicted molar refractivity (Wildman–Crippen MR) is 65.4 cm³/mol. The molecule has 1 heterocycles. The van der Waals surface area contributed by atoms with E-state index in [9.17, 15) is 0 Å². The lowest BCUT2D eigenvalue weighted by Crippen LogP contribution is -3.15. The molecule has 3 fully saturated rings. The van der Waals surface area contributed by atoms with E-state index in [1.54, 1.807) is 25.7 Å². The Morgan fingerprint density at radius 1 is 1.00 bits per heavy atom. The first-order valence-electron chi connectivity index (χ1n) is 7.59. The van der Waals surface area contributed by atoms with E-state index < -0.39 is 0 Å². The van der Waals surface area contributed by atoms with Crippen LogP contribution in [-0.4, -0.2) is 32.2 Å². The van der Waals surface area contributed by atoms with E-state index >= 15 is 0 Å². The Kier molecular flexibility index (Phi) is 3.49. The zero-order valence-electron chi connectivity index (χ0n) is 10.6. The zero-order chi connectivity index (χ0) is 10.8. The topological polar surface area (TPSA) is 21.1 Å². The van der Waals surface area contributed by atoms with Crippen LogP contribution in [0.1, 0.15) is 44.9 Å². The molecule has 2 aliphatic carbocycles. The largest absolute Gasteiger partial charge is 0.339 e. The van der Waals surface area contributed by atoms with Gasteiger partial charge in [0.1, 0.15) is 13.1 Å². The molecule has 0 aromatic carbocycles. The van der Waals surface area contributed by atoms with Crippen molar-refractivity contribution in [2.45, 2.75) is 51.0 Å². The van der Waals surface area contributed by atoms with Gasteiger partial charge in [0.25, 0.3) is 0 Å². The molecule has 0 aromatic heterocycles. The molecule has 0 radical (unpaired) electrons. The number of quaternary nitrogens is 2. The summed E-state index contributed by atoms with van der Waals surface area (Å²) in [6, 6.07) is 1.02. The Hall–Kier alpha value is -0.0800. The van der Waals surface area contributed by atoms with Crippen LogP contribution in [0.2, 0.25) is 0 Å². The molecule has 0 amide bonds. The number of fused-ring (bicyclic) bond motifs is 2. The van der Waals surface area contributed by atoms with Crippen molar-refractivity contribution in [2.24, 2.45) is 11.8 Å². The minimum Gasteiger partial charge on any atom is -0.339 e. The van der Waals surface area contributed by atoms with Crippen molar-refractivity contribution >= 4 is 0 Å². The van der Waals surface area contributed by atoms with E-state index in [1.807, 2.05) is 4.90 Å². The van der Waals surface area contributed by atoms with E-state index in [0.717, 1.165) is 17.9 Å². The van der Waals surface area contributed by atoms with Gasteiger partial charge in [0, 0.05) is 12.3 Å². The Morgan fingerprint density at radius 2 is 1.88 bits per heavy atom. The highest BCUT2D eigenvalue weighted by Gasteiger charge is 2.41. The Bertz CT molecular complexity index is 223. The minimum absolute atomic E-state index is 1.02. The second-order valence-electron chi connectivity index (χ2n) is 6.42. The average molecular weight is 224 g/mol. The van der Waals surface area contributed by atoms with E-state index in [4.69, 9.17) is 0 Å². The van der Waals surface area contributed by atoms with Gasteiger partial charge >= 0.3 is 0 Å². The third-order valence-electron chi connectivity index (χ3n) is 5.32. The second-order valence-corrected chi connectivity index (χ2v) is 6.42. The lowest BCUT2D eigenvalue weighted by molar-refractivity contribution is -0.918. The first-order valence-corrected chi connectivity index (χ1v) is 7.59. The molecule has 1 saturated heterocycles. The summed E-state index contributed by atoms with van der Waals surface area (Å²) in [7, 11) is 0. The van der Waals surface area contributed by atoms with E-state index in [1.165, 1.54) is 45.4 Å². The molecular weight excluding hydrogens is 196 g/mol. The molecule has 3 N–H and O–H groups in total. The van der Waals surface area contributed by atoms with Gasteiger partial charge in [-0.2, -0.15) is 0 Å². The average Bonchev–Trinajstić information content (AvgIpc) is 2.92. The van der Waals surface area contributed by atoms with Crippen LogP contribution < -0.4 is 10.2 Å². The van der Waals surface area contributed by atoms with Gasteiger partial charge in [-0.25, -0.2) is 0 Å². The lowest BCUT2D eigenvalue weighted by Gasteiger charge is -2.24. The zero-order valence-corrected chi connectivity index (χ0v) is 10.6. The molecule has 16 heavy (non-hydrogen) atoms. The van der Waals surface area contributed by atoms with Gasteiger partial charge in [-0.3, -0.25) is 0 Å². The van der Waals surface area contributed by atoms with Crippen molar-refractivity contribution in [3.05, 3.63) is 0 Å². The fourth-order valence-corrected chi connectivity index (χ4v) is 4.39. The quantitative estimate of drug-likeness (QED) is 0.660. The van der Waals surface area contributed by atoms with Crippen molar-refractivity contribution in [2.75, 3.05) is 26.2 Å². The van der Waals surface area contributed by atoms with Gasteiger partial charge in [-0.05, 0) is 44.4 Å². The molecule has 92 valence electrons. The van der Waals surface area contributed by atoms with Crippen LogP contribution in [0, 0.1) is 11.8 Å². The Morgan fingerprint density at radius 3 is 2.56 bits per heavy atom. The highest BCUT2D eigenvalue weighted by Crippen LogP contribution is 2.42. The van der Waals surface area contributed by atoms with Gasteiger partial charge in [-0.15, -0.1) is 0 Å². The first kappa shape index (κ1) is 11.0. The molecule has 3 atom stereocenters. The van der Waals surface area contributed by atoms with E-state index in [0.29, 0.717) is 0 Å². The highest BCUT2D eigenvalue weighted by molar-refractivity contribution is 4.89. The lowest BCUT2D eigenvalue weighted by atomic mass is 9.95. The molecular formula is C14H28N2+2. The number of hydrogen-bond donors (Lipinski definition) is 2. The maximum Gasteiger partial charge on any atom is 0.127 e. The van der Waals surface area contributed by atoms with Crippen molar-refractivity contribution in [3.8, 4) is 0 Å². The van der Waals surface area contributed by atoms with Gasteiger partial charge < -0.3 is 10.2 Å². The third kappa shape index (κ3) is 2.43. The number of piperidine rings is 1. The van der Waals surface area contributed by atoms with Gasteiger partial charge in [0.2, 0.25) is 0 Å². The maximum atomic E-state index is 2.70. The highest BCUT2D eigenvalue weighted by atomic mass is 15.1. The summed E-state index contributed by atoms with van der Waals surface area (Å²) in [5.74, 6) is 2.22. The Balaban J connectivity index is 1.34. The summed E-state index contributed by atoms with van der Waals surface area (Å²) in [5.41, 5.74) is 0. The summed E-state index contributed by atoms with van der Waals surface area (Å²) in [4.78, 5) is 1.88. The smallest absolute Gasteiger partial charge is 0.127 e. The molecule has 2 bridgehead atoms. The number of hydrogen-bond acceptors (Lipinski definition) is 0. The molecule has 0 unspecified atom stereocenters. The SMILES string of the molecule is C1CC[NH+](CC[NH2+][C@H]2C[C@@H]3CC[C@H]2C3)CC1. The van der Waals surface area contributed by atoms with E-state index in [2.05, 4.69) is 5.32 Å². The van der Waals surface area contributed by atoms with Crippen molar-refractivity contribution in [1.29, 1.82) is 0 Å². The van der Waals surface area contributed by atoms with Crippen molar-refractivity contribution < 1.29 is 10.2 Å². The predicted octanol–water partition coefficient (Wildman–Crippen LogP) is -0.193. The Labute approximate surface area is 99.8 Å². The first-order chi connectivity index (χ1) is 7.92. The summed E-state index contributed by atoms with van der Waals surface area (Å²) >= 11 is 0. The molecule has 0 spiro atoms. The molecule has 3 rings (SSSR count).